The quantitative estimate of drug-likeness (QED) is 0.204. The van der Waals surface area contributed by atoms with Crippen molar-refractivity contribution in [3.63, 3.8) is 0 Å². The summed E-state index contributed by atoms with van der Waals surface area (Å²) in [4.78, 5) is 66.8. The molecule has 0 aromatic heterocycles. The number of benzene rings is 1. The van der Waals surface area contributed by atoms with Crippen molar-refractivity contribution in [3.8, 4) is 0 Å². The summed E-state index contributed by atoms with van der Waals surface area (Å²) in [5.74, 6) is -2.43. The van der Waals surface area contributed by atoms with Crippen LogP contribution in [0.2, 0.25) is 0 Å². The smallest absolute Gasteiger partial charge is 0.315 e. The van der Waals surface area contributed by atoms with E-state index in [1.165, 1.54) is 17.4 Å². The molecule has 5 amide bonds. The maximum atomic E-state index is 14.0. The second-order valence-corrected chi connectivity index (χ2v) is 11.5. The van der Waals surface area contributed by atoms with Gasteiger partial charge in [0.2, 0.25) is 17.6 Å². The average molecular weight is 598 g/mol. The van der Waals surface area contributed by atoms with Crippen molar-refractivity contribution in [2.45, 2.75) is 110 Å². The number of urea groups is 1. The van der Waals surface area contributed by atoms with Crippen LogP contribution in [0.5, 0.6) is 0 Å². The molecule has 1 fully saturated rings. The second kappa shape index (κ2) is 18.1. The summed E-state index contributed by atoms with van der Waals surface area (Å²) in [6.07, 6.45) is 6.69. The summed E-state index contributed by atoms with van der Waals surface area (Å²) < 4.78 is 0. The molecule has 0 bridgehead atoms. The minimum atomic E-state index is -0.987. The van der Waals surface area contributed by atoms with Crippen LogP contribution >= 0.6 is 0 Å². The SMILES string of the molecule is C=CCNC(=O)C(=O)C(CCC)NC(=O)[C@@H]1CCCN1C(=O)[C@@H](NC(=O)NC(C)CC)C1Cc2ccccc2C1.CCC. The number of nitrogens with one attached hydrogen (secondary N) is 4. The van der Waals surface area contributed by atoms with Gasteiger partial charge in [0.25, 0.3) is 5.91 Å². The van der Waals surface area contributed by atoms with Gasteiger partial charge in [0.05, 0.1) is 6.04 Å². The topological polar surface area (TPSA) is 137 Å². The lowest BCUT2D eigenvalue weighted by atomic mass is 9.94. The monoisotopic (exact) mass is 597 g/mol. The van der Waals surface area contributed by atoms with Crippen LogP contribution < -0.4 is 21.3 Å². The molecule has 0 spiro atoms. The zero-order chi connectivity index (χ0) is 31.9. The molecule has 0 radical (unpaired) electrons. The molecule has 2 aliphatic rings. The van der Waals surface area contributed by atoms with E-state index in [-0.39, 0.29) is 24.4 Å². The lowest BCUT2D eigenvalue weighted by Crippen LogP contribution is -2.59. The van der Waals surface area contributed by atoms with E-state index in [0.717, 1.165) is 17.5 Å². The van der Waals surface area contributed by atoms with Gasteiger partial charge in [0.15, 0.2) is 0 Å². The predicted molar refractivity (Wildman–Crippen MR) is 168 cm³/mol. The van der Waals surface area contributed by atoms with Gasteiger partial charge in [-0.05, 0) is 62.5 Å². The molecular formula is C33H51N5O5. The number of rotatable bonds is 13. The van der Waals surface area contributed by atoms with Gasteiger partial charge in [0.1, 0.15) is 12.1 Å². The van der Waals surface area contributed by atoms with Crippen molar-refractivity contribution < 1.29 is 24.0 Å². The molecule has 43 heavy (non-hydrogen) atoms. The van der Waals surface area contributed by atoms with Crippen molar-refractivity contribution in [1.29, 1.82) is 0 Å². The molecule has 0 saturated carbocycles. The average Bonchev–Trinajstić information content (AvgIpc) is 3.66. The van der Waals surface area contributed by atoms with Gasteiger partial charge in [-0.2, -0.15) is 0 Å². The molecule has 1 aliphatic heterocycles. The molecule has 4 atom stereocenters. The van der Waals surface area contributed by atoms with Crippen LogP contribution in [-0.2, 0) is 32.0 Å². The molecular weight excluding hydrogens is 546 g/mol. The van der Waals surface area contributed by atoms with Gasteiger partial charge in [0, 0.05) is 19.1 Å². The number of hydrogen-bond donors (Lipinski definition) is 4. The third kappa shape index (κ3) is 10.2. The number of Topliss-reactive ketones (excluding diaryl/α,β-unsaturated/α-hetero) is 1. The Hall–Kier alpha value is -3.69. The van der Waals surface area contributed by atoms with Gasteiger partial charge < -0.3 is 26.2 Å². The molecule has 1 saturated heterocycles. The zero-order valence-electron chi connectivity index (χ0n) is 26.5. The Bertz CT molecular complexity index is 1100. The van der Waals surface area contributed by atoms with Crippen molar-refractivity contribution >= 4 is 29.5 Å². The first-order valence-corrected chi connectivity index (χ1v) is 15.8. The predicted octanol–water partition coefficient (Wildman–Crippen LogP) is 3.43. The highest BCUT2D eigenvalue weighted by atomic mass is 16.2. The first-order chi connectivity index (χ1) is 20.6. The van der Waals surface area contributed by atoms with E-state index in [1.807, 2.05) is 45.0 Å². The molecule has 10 nitrogen and oxygen atoms in total. The number of ketones is 1. The largest absolute Gasteiger partial charge is 0.346 e. The van der Waals surface area contributed by atoms with E-state index in [0.29, 0.717) is 45.1 Å². The number of fused-ring (bicyclic) bond motifs is 1. The first-order valence-electron chi connectivity index (χ1n) is 15.8. The molecule has 1 aromatic rings. The lowest BCUT2D eigenvalue weighted by Gasteiger charge is -2.32. The second-order valence-electron chi connectivity index (χ2n) is 11.5. The van der Waals surface area contributed by atoms with E-state index in [4.69, 9.17) is 0 Å². The van der Waals surface area contributed by atoms with Gasteiger partial charge in [-0.15, -0.1) is 6.58 Å². The fourth-order valence-corrected chi connectivity index (χ4v) is 5.44. The number of nitrogens with zero attached hydrogens (tertiary/aromatic N) is 1. The van der Waals surface area contributed by atoms with Gasteiger partial charge in [-0.25, -0.2) is 4.79 Å². The molecule has 1 aromatic carbocycles. The van der Waals surface area contributed by atoms with E-state index < -0.39 is 41.8 Å². The number of hydrogen-bond acceptors (Lipinski definition) is 5. The zero-order valence-corrected chi connectivity index (χ0v) is 26.5. The van der Waals surface area contributed by atoms with Crippen LogP contribution in [0.15, 0.2) is 36.9 Å². The highest BCUT2D eigenvalue weighted by molar-refractivity contribution is 6.38. The van der Waals surface area contributed by atoms with Crippen molar-refractivity contribution in [2.24, 2.45) is 5.92 Å². The summed E-state index contributed by atoms with van der Waals surface area (Å²) in [5, 5.41) is 11.0. The Balaban J connectivity index is 0.00000206. The van der Waals surface area contributed by atoms with Crippen LogP contribution in [0.25, 0.3) is 0 Å². The van der Waals surface area contributed by atoms with Gasteiger partial charge >= 0.3 is 6.03 Å². The number of carbonyl (C=O) groups excluding carboxylic acids is 5. The fourth-order valence-electron chi connectivity index (χ4n) is 5.44. The Morgan fingerprint density at radius 1 is 1.00 bits per heavy atom. The standard InChI is InChI=1S/C30H43N5O5.C3H8/c1-5-11-23(26(36)28(38)31-15-6-2)33-27(37)24-14-10-16-35(24)29(39)25(34-30(40)32-19(4)7-3)22-17-20-12-8-9-13-21(20)18-22;1-3-2/h6,8-9,12-13,19,22-25H,2,5,7,10-11,14-18H2,1,3-4H3,(H,31,38)(H,33,37)(H2,32,34,40);3H2,1-2H3/t19?,23?,24-,25-;/m0./s1. The Kier molecular flexibility index (Phi) is 14.9. The van der Waals surface area contributed by atoms with Crippen molar-refractivity contribution in [1.82, 2.24) is 26.2 Å². The fraction of sp³-hybridized carbons (Fsp3) is 0.606. The highest BCUT2D eigenvalue weighted by Gasteiger charge is 2.42. The van der Waals surface area contributed by atoms with E-state index in [2.05, 4.69) is 41.7 Å². The number of likely N-dealkylation sites (tertiary alicyclic amines) is 1. The molecule has 1 heterocycles. The molecule has 238 valence electrons. The Morgan fingerprint density at radius 2 is 1.63 bits per heavy atom. The summed E-state index contributed by atoms with van der Waals surface area (Å²) in [5.41, 5.74) is 2.31. The van der Waals surface area contributed by atoms with Crippen LogP contribution in [-0.4, -0.2) is 71.7 Å². The third-order valence-electron chi connectivity index (χ3n) is 7.78. The summed E-state index contributed by atoms with van der Waals surface area (Å²) in [6, 6.07) is 4.95. The third-order valence-corrected chi connectivity index (χ3v) is 7.78. The molecule has 10 heteroatoms. The Morgan fingerprint density at radius 3 is 2.19 bits per heavy atom. The van der Waals surface area contributed by atoms with Crippen LogP contribution in [0.1, 0.15) is 84.3 Å². The number of carbonyl (C=O) groups is 5. The molecule has 2 unspecified atom stereocenters. The molecule has 3 rings (SSSR count). The highest BCUT2D eigenvalue weighted by Crippen LogP contribution is 2.31. The molecule has 1 aliphatic carbocycles. The lowest BCUT2D eigenvalue weighted by molar-refractivity contribution is -0.143. The maximum absolute atomic E-state index is 14.0. The normalized spacial score (nSPS) is 17.8. The summed E-state index contributed by atoms with van der Waals surface area (Å²) in [6.45, 7) is 14.0. The van der Waals surface area contributed by atoms with Crippen LogP contribution in [0, 0.1) is 5.92 Å². The minimum absolute atomic E-state index is 0.0569. The summed E-state index contributed by atoms with van der Waals surface area (Å²) >= 11 is 0. The Labute approximate surface area is 256 Å². The van der Waals surface area contributed by atoms with Gasteiger partial charge in [-0.3, -0.25) is 19.2 Å². The van der Waals surface area contributed by atoms with E-state index >= 15 is 0 Å². The first kappa shape index (κ1) is 35.5. The van der Waals surface area contributed by atoms with Crippen molar-refractivity contribution in [3.05, 3.63) is 48.0 Å². The maximum Gasteiger partial charge on any atom is 0.315 e. The van der Waals surface area contributed by atoms with Crippen molar-refractivity contribution in [2.75, 3.05) is 13.1 Å². The molecule has 4 N–H and O–H groups in total. The number of amides is 5. The van der Waals surface area contributed by atoms with Crippen LogP contribution in [0.4, 0.5) is 4.79 Å². The minimum Gasteiger partial charge on any atom is -0.346 e. The summed E-state index contributed by atoms with van der Waals surface area (Å²) in [7, 11) is 0. The van der Waals surface area contributed by atoms with Gasteiger partial charge in [-0.1, -0.05) is 70.9 Å². The van der Waals surface area contributed by atoms with E-state index in [9.17, 15) is 24.0 Å². The van der Waals surface area contributed by atoms with E-state index in [1.54, 1.807) is 0 Å². The van der Waals surface area contributed by atoms with Crippen LogP contribution in [0.3, 0.4) is 0 Å².